The Bertz CT molecular complexity index is 1300. The van der Waals surface area contributed by atoms with E-state index < -0.39 is 6.36 Å². The van der Waals surface area contributed by atoms with E-state index in [2.05, 4.69) is 40.7 Å². The van der Waals surface area contributed by atoms with Gasteiger partial charge in [0.1, 0.15) is 11.5 Å². The number of carbonyl (C=O) groups is 1. The number of carbonyl (C=O) groups excluding carboxylic acids is 1. The summed E-state index contributed by atoms with van der Waals surface area (Å²) in [7, 11) is 0. The lowest BCUT2D eigenvalue weighted by Gasteiger charge is -2.40. The Morgan fingerprint density at radius 2 is 1.82 bits per heavy atom. The number of imidazole rings is 1. The zero-order valence-electron chi connectivity index (χ0n) is 21.8. The SMILES string of the molecule is CC1CC(n2c(Nc3ccc(OC(F)(F)F)cc3)nc3cc(OCC(=O)NC4CC4)ccc32)CC(C)(C)C1. The molecule has 7 nitrogen and oxygen atoms in total. The molecule has 0 aliphatic heterocycles. The van der Waals surface area contributed by atoms with Crippen LogP contribution in [0.5, 0.6) is 11.5 Å². The van der Waals surface area contributed by atoms with E-state index in [1.165, 1.54) is 24.3 Å². The number of hydrogen-bond acceptors (Lipinski definition) is 5. The van der Waals surface area contributed by atoms with Gasteiger partial charge in [0, 0.05) is 23.8 Å². The molecule has 2 atom stereocenters. The van der Waals surface area contributed by atoms with Gasteiger partial charge in [-0.05, 0) is 79.8 Å². The van der Waals surface area contributed by atoms with E-state index in [4.69, 9.17) is 9.72 Å². The molecule has 10 heteroatoms. The number of amides is 1. The minimum atomic E-state index is -4.74. The van der Waals surface area contributed by atoms with Gasteiger partial charge >= 0.3 is 6.36 Å². The number of aromatic nitrogens is 2. The van der Waals surface area contributed by atoms with E-state index in [0.29, 0.717) is 28.8 Å². The second-order valence-electron chi connectivity index (χ2n) is 11.4. The molecular weight excluding hydrogens is 497 g/mol. The molecule has 5 rings (SSSR count). The molecule has 1 aromatic heterocycles. The monoisotopic (exact) mass is 530 g/mol. The van der Waals surface area contributed by atoms with Gasteiger partial charge in [0.15, 0.2) is 6.61 Å². The Hall–Kier alpha value is -3.43. The molecule has 0 spiro atoms. The highest BCUT2D eigenvalue weighted by molar-refractivity contribution is 5.82. The van der Waals surface area contributed by atoms with Gasteiger partial charge in [-0.15, -0.1) is 13.2 Å². The van der Waals surface area contributed by atoms with E-state index in [9.17, 15) is 18.0 Å². The lowest BCUT2D eigenvalue weighted by molar-refractivity contribution is -0.274. The smallest absolute Gasteiger partial charge is 0.484 e. The highest BCUT2D eigenvalue weighted by Gasteiger charge is 2.35. The third kappa shape index (κ3) is 6.52. The number of nitrogens with zero attached hydrogens (tertiary/aromatic N) is 2. The maximum atomic E-state index is 12.6. The highest BCUT2D eigenvalue weighted by atomic mass is 19.4. The fourth-order valence-corrected chi connectivity index (χ4v) is 5.63. The molecule has 1 amide bonds. The zero-order valence-corrected chi connectivity index (χ0v) is 21.8. The molecular formula is C28H33F3N4O3. The van der Waals surface area contributed by atoms with Crippen molar-refractivity contribution in [2.45, 2.75) is 71.3 Å². The maximum absolute atomic E-state index is 12.6. The van der Waals surface area contributed by atoms with Gasteiger partial charge < -0.3 is 24.7 Å². The van der Waals surface area contributed by atoms with Crippen LogP contribution in [0.2, 0.25) is 0 Å². The normalized spacial score (nSPS) is 21.2. The quantitative estimate of drug-likeness (QED) is 0.338. The topological polar surface area (TPSA) is 77.4 Å². The van der Waals surface area contributed by atoms with Crippen LogP contribution in [-0.2, 0) is 4.79 Å². The van der Waals surface area contributed by atoms with Crippen molar-refractivity contribution in [3.05, 3.63) is 42.5 Å². The maximum Gasteiger partial charge on any atom is 0.573 e. The molecule has 2 unspecified atom stereocenters. The molecule has 0 radical (unpaired) electrons. The van der Waals surface area contributed by atoms with Crippen molar-refractivity contribution in [1.29, 1.82) is 0 Å². The Morgan fingerprint density at radius 1 is 1.11 bits per heavy atom. The molecule has 204 valence electrons. The predicted octanol–water partition coefficient (Wildman–Crippen LogP) is 6.72. The molecule has 2 aromatic carbocycles. The lowest BCUT2D eigenvalue weighted by atomic mass is 9.70. The van der Waals surface area contributed by atoms with E-state index in [-0.39, 0.29) is 35.8 Å². The van der Waals surface area contributed by atoms with Gasteiger partial charge in [0.2, 0.25) is 5.95 Å². The fraction of sp³-hybridized carbons (Fsp3) is 0.500. The van der Waals surface area contributed by atoms with Crippen molar-refractivity contribution >= 4 is 28.6 Å². The Labute approximate surface area is 219 Å². The van der Waals surface area contributed by atoms with Gasteiger partial charge in [-0.3, -0.25) is 4.79 Å². The number of anilines is 2. The number of ether oxygens (including phenoxy) is 2. The summed E-state index contributed by atoms with van der Waals surface area (Å²) >= 11 is 0. The molecule has 0 bridgehead atoms. The van der Waals surface area contributed by atoms with Crippen LogP contribution in [-0.4, -0.2) is 34.5 Å². The molecule has 38 heavy (non-hydrogen) atoms. The highest BCUT2D eigenvalue weighted by Crippen LogP contribution is 2.46. The summed E-state index contributed by atoms with van der Waals surface area (Å²) in [6.07, 6.45) is 0.377. The third-order valence-corrected chi connectivity index (χ3v) is 7.05. The van der Waals surface area contributed by atoms with Gasteiger partial charge in [0.05, 0.1) is 11.0 Å². The first kappa shape index (κ1) is 26.2. The third-order valence-electron chi connectivity index (χ3n) is 7.05. The van der Waals surface area contributed by atoms with E-state index in [0.717, 1.165) is 37.6 Å². The minimum Gasteiger partial charge on any atom is -0.484 e. The standard InChI is InChI=1S/C28H33F3N4O3/c1-17-12-20(15-27(2,3)14-17)35-24-11-10-22(37-16-25(36)32-18-4-5-18)13-23(24)34-26(35)33-19-6-8-21(9-7-19)38-28(29,30)31/h6-11,13,17-18,20H,4-5,12,14-16H2,1-3H3,(H,32,36)(H,33,34). The first-order valence-electron chi connectivity index (χ1n) is 13.0. The number of halogens is 3. The van der Waals surface area contributed by atoms with Crippen LogP contribution in [0.15, 0.2) is 42.5 Å². The summed E-state index contributed by atoms with van der Waals surface area (Å²) in [5, 5.41) is 6.21. The van der Waals surface area contributed by atoms with Gasteiger partial charge in [-0.1, -0.05) is 20.8 Å². The zero-order chi connectivity index (χ0) is 27.1. The fourth-order valence-electron chi connectivity index (χ4n) is 5.63. The number of alkyl halides is 3. The Morgan fingerprint density at radius 3 is 2.47 bits per heavy atom. The number of nitrogens with one attached hydrogen (secondary N) is 2. The second kappa shape index (κ2) is 10.0. The van der Waals surface area contributed by atoms with Crippen LogP contribution in [0.25, 0.3) is 11.0 Å². The molecule has 2 aliphatic carbocycles. The average molecular weight is 531 g/mol. The summed E-state index contributed by atoms with van der Waals surface area (Å²) in [6.45, 7) is 6.76. The van der Waals surface area contributed by atoms with Gasteiger partial charge in [0.25, 0.3) is 5.91 Å². The molecule has 2 N–H and O–H groups in total. The Balaban J connectivity index is 1.43. The first-order chi connectivity index (χ1) is 17.9. The van der Waals surface area contributed by atoms with E-state index in [1.807, 2.05) is 18.2 Å². The van der Waals surface area contributed by atoms with E-state index >= 15 is 0 Å². The number of fused-ring (bicyclic) bond motifs is 1. The predicted molar refractivity (Wildman–Crippen MR) is 139 cm³/mol. The molecule has 0 saturated heterocycles. The first-order valence-corrected chi connectivity index (χ1v) is 13.0. The molecule has 1 heterocycles. The molecule has 2 aliphatic rings. The van der Waals surface area contributed by atoms with Crippen LogP contribution in [0.3, 0.4) is 0 Å². The van der Waals surface area contributed by atoms with Crippen molar-refractivity contribution in [3.8, 4) is 11.5 Å². The largest absolute Gasteiger partial charge is 0.573 e. The summed E-state index contributed by atoms with van der Waals surface area (Å²) in [5.74, 6) is 1.25. The van der Waals surface area contributed by atoms with E-state index in [1.54, 1.807) is 0 Å². The molecule has 2 saturated carbocycles. The summed E-state index contributed by atoms with van der Waals surface area (Å²) < 4.78 is 49.6. The summed E-state index contributed by atoms with van der Waals surface area (Å²) in [5.41, 5.74) is 2.38. The van der Waals surface area contributed by atoms with Crippen molar-refractivity contribution < 1.29 is 27.4 Å². The van der Waals surface area contributed by atoms with Crippen LogP contribution in [0, 0.1) is 11.3 Å². The van der Waals surface area contributed by atoms with Gasteiger partial charge in [-0.25, -0.2) is 4.98 Å². The summed E-state index contributed by atoms with van der Waals surface area (Å²) in [4.78, 5) is 16.9. The lowest BCUT2D eigenvalue weighted by Crippen LogP contribution is -2.30. The van der Waals surface area contributed by atoms with Crippen LogP contribution >= 0.6 is 0 Å². The van der Waals surface area contributed by atoms with Crippen molar-refractivity contribution in [2.24, 2.45) is 11.3 Å². The van der Waals surface area contributed by atoms with Gasteiger partial charge in [-0.2, -0.15) is 0 Å². The van der Waals surface area contributed by atoms with Crippen LogP contribution in [0.4, 0.5) is 24.8 Å². The number of rotatable bonds is 8. The number of hydrogen-bond donors (Lipinski definition) is 2. The van der Waals surface area contributed by atoms with Crippen molar-refractivity contribution in [2.75, 3.05) is 11.9 Å². The van der Waals surface area contributed by atoms with Crippen LogP contribution < -0.4 is 20.1 Å². The Kier molecular flexibility index (Phi) is 6.92. The van der Waals surface area contributed by atoms with Crippen LogP contribution in [0.1, 0.15) is 58.9 Å². The average Bonchev–Trinajstić information content (AvgIpc) is 3.54. The molecule has 2 fully saturated rings. The van der Waals surface area contributed by atoms with Crippen molar-refractivity contribution in [3.63, 3.8) is 0 Å². The number of benzene rings is 2. The second-order valence-corrected chi connectivity index (χ2v) is 11.4. The minimum absolute atomic E-state index is 0.0610. The van der Waals surface area contributed by atoms with Crippen molar-refractivity contribution in [1.82, 2.24) is 14.9 Å². The molecule has 3 aromatic rings. The summed E-state index contributed by atoms with van der Waals surface area (Å²) in [6, 6.07) is 11.7.